The Morgan fingerprint density at radius 2 is 2.31 bits per heavy atom. The second-order valence-corrected chi connectivity index (χ2v) is 3.72. The monoisotopic (exact) mass is 180 g/mol. The van der Waals surface area contributed by atoms with Crippen LogP contribution in [0.15, 0.2) is 16.9 Å². The molecular weight excluding hydrogens is 164 g/mol. The van der Waals surface area contributed by atoms with Gasteiger partial charge in [0.2, 0.25) is 0 Å². The Hall–Kier alpha value is -0.830. The first-order valence-corrected chi connectivity index (χ1v) is 5.05. The lowest BCUT2D eigenvalue weighted by Gasteiger charge is -2.21. The molecule has 2 rings (SSSR count). The molecule has 0 bridgehead atoms. The van der Waals surface area contributed by atoms with Crippen LogP contribution in [0, 0.1) is 5.92 Å². The van der Waals surface area contributed by atoms with Gasteiger partial charge in [-0.05, 0) is 44.7 Å². The molecule has 0 saturated carbocycles. The average molecular weight is 180 g/mol. The van der Waals surface area contributed by atoms with Crippen LogP contribution in [0.25, 0.3) is 0 Å². The molecule has 1 fully saturated rings. The molecule has 0 aliphatic carbocycles. The number of hydrogen-bond acceptors (Lipinski definition) is 3. The van der Waals surface area contributed by atoms with Gasteiger partial charge in [-0.2, -0.15) is 0 Å². The van der Waals surface area contributed by atoms with E-state index in [9.17, 15) is 0 Å². The van der Waals surface area contributed by atoms with Crippen molar-refractivity contribution in [1.82, 2.24) is 10.5 Å². The molecule has 13 heavy (non-hydrogen) atoms. The molecule has 0 unspecified atom stereocenters. The minimum Gasteiger partial charge on any atom is -0.365 e. The van der Waals surface area contributed by atoms with Gasteiger partial charge in [-0.25, -0.2) is 0 Å². The molecule has 1 saturated heterocycles. The van der Waals surface area contributed by atoms with Crippen LogP contribution in [-0.2, 0) is 6.42 Å². The van der Waals surface area contributed by atoms with Crippen LogP contribution in [0.4, 0.5) is 0 Å². The number of rotatable bonds is 3. The van der Waals surface area contributed by atoms with E-state index < -0.39 is 0 Å². The van der Waals surface area contributed by atoms with E-state index in [2.05, 4.69) is 10.5 Å². The highest BCUT2D eigenvalue weighted by Crippen LogP contribution is 2.17. The van der Waals surface area contributed by atoms with Crippen LogP contribution in [-0.4, -0.2) is 18.2 Å². The third-order valence-electron chi connectivity index (χ3n) is 2.76. The fourth-order valence-corrected chi connectivity index (χ4v) is 1.89. The van der Waals surface area contributed by atoms with E-state index >= 15 is 0 Å². The van der Waals surface area contributed by atoms with Gasteiger partial charge in [-0.3, -0.25) is 0 Å². The molecule has 3 heteroatoms. The fourth-order valence-electron chi connectivity index (χ4n) is 1.89. The summed E-state index contributed by atoms with van der Waals surface area (Å²) in [6.07, 6.45) is 6.61. The van der Waals surface area contributed by atoms with Gasteiger partial charge in [0, 0.05) is 6.07 Å². The number of aryl methyl sites for hydroxylation is 1. The highest BCUT2D eigenvalue weighted by Gasteiger charge is 2.12. The second-order valence-electron chi connectivity index (χ2n) is 3.72. The number of piperidine rings is 1. The Kier molecular flexibility index (Phi) is 2.98. The van der Waals surface area contributed by atoms with Crippen molar-refractivity contribution in [3.63, 3.8) is 0 Å². The smallest absolute Gasteiger partial charge is 0.124 e. The molecule has 72 valence electrons. The Labute approximate surface area is 78.5 Å². The number of nitrogens with zero attached hydrogens (tertiary/aromatic N) is 1. The van der Waals surface area contributed by atoms with E-state index in [1.807, 2.05) is 6.07 Å². The van der Waals surface area contributed by atoms with E-state index in [0.29, 0.717) is 0 Å². The molecule has 1 aromatic rings. The first-order chi connectivity index (χ1) is 6.45. The Bertz CT molecular complexity index is 227. The maximum atomic E-state index is 4.79. The van der Waals surface area contributed by atoms with Crippen LogP contribution < -0.4 is 5.32 Å². The summed E-state index contributed by atoms with van der Waals surface area (Å²) >= 11 is 0. The van der Waals surface area contributed by atoms with Crippen molar-refractivity contribution in [2.24, 2.45) is 5.92 Å². The lowest BCUT2D eigenvalue weighted by Crippen LogP contribution is -2.27. The van der Waals surface area contributed by atoms with Crippen LogP contribution in [0.5, 0.6) is 0 Å². The summed E-state index contributed by atoms with van der Waals surface area (Å²) < 4.78 is 4.79. The number of nitrogens with one attached hydrogen (secondary N) is 1. The number of aromatic nitrogens is 1. The Balaban J connectivity index is 1.72. The second kappa shape index (κ2) is 4.42. The van der Waals surface area contributed by atoms with Crippen molar-refractivity contribution in [1.29, 1.82) is 0 Å². The largest absolute Gasteiger partial charge is 0.365 e. The van der Waals surface area contributed by atoms with Gasteiger partial charge in [0.1, 0.15) is 6.26 Å². The van der Waals surface area contributed by atoms with Gasteiger partial charge in [-0.1, -0.05) is 5.16 Å². The third kappa shape index (κ3) is 2.56. The minimum absolute atomic E-state index is 0.887. The molecule has 0 amide bonds. The number of hydrogen-bond donors (Lipinski definition) is 1. The Morgan fingerprint density at radius 3 is 3.00 bits per heavy atom. The molecule has 1 N–H and O–H groups in total. The molecule has 2 heterocycles. The summed E-state index contributed by atoms with van der Waals surface area (Å²) in [5.41, 5.74) is 1.10. The summed E-state index contributed by atoms with van der Waals surface area (Å²) in [7, 11) is 0. The quantitative estimate of drug-likeness (QED) is 0.768. The van der Waals surface area contributed by atoms with Crippen LogP contribution in [0.1, 0.15) is 25.0 Å². The van der Waals surface area contributed by atoms with Crippen molar-refractivity contribution < 1.29 is 4.52 Å². The highest BCUT2D eigenvalue weighted by molar-refractivity contribution is 4.95. The van der Waals surface area contributed by atoms with E-state index in [0.717, 1.165) is 18.0 Å². The van der Waals surface area contributed by atoms with Gasteiger partial charge in [0.05, 0.1) is 5.69 Å². The van der Waals surface area contributed by atoms with Crippen molar-refractivity contribution in [2.45, 2.75) is 25.7 Å². The van der Waals surface area contributed by atoms with Gasteiger partial charge >= 0.3 is 0 Å². The summed E-state index contributed by atoms with van der Waals surface area (Å²) in [6, 6.07) is 1.96. The molecule has 0 spiro atoms. The van der Waals surface area contributed by atoms with Gasteiger partial charge < -0.3 is 9.84 Å². The van der Waals surface area contributed by atoms with Gasteiger partial charge in [-0.15, -0.1) is 0 Å². The zero-order chi connectivity index (χ0) is 8.93. The minimum atomic E-state index is 0.887. The summed E-state index contributed by atoms with van der Waals surface area (Å²) in [5.74, 6) is 0.887. The SMILES string of the molecule is c1cc(CCC2CCNCC2)no1. The molecular formula is C10H16N2O. The summed E-state index contributed by atoms with van der Waals surface area (Å²) in [6.45, 7) is 2.37. The lowest BCUT2D eigenvalue weighted by molar-refractivity contribution is 0.348. The normalized spacial score (nSPS) is 19.1. The maximum absolute atomic E-state index is 4.79. The third-order valence-corrected chi connectivity index (χ3v) is 2.76. The zero-order valence-electron chi connectivity index (χ0n) is 7.83. The van der Waals surface area contributed by atoms with Gasteiger partial charge in [0.15, 0.2) is 0 Å². The molecule has 0 aromatic carbocycles. The van der Waals surface area contributed by atoms with E-state index in [1.54, 1.807) is 6.26 Å². The first kappa shape index (κ1) is 8.75. The van der Waals surface area contributed by atoms with Crippen LogP contribution in [0.3, 0.4) is 0 Å². The van der Waals surface area contributed by atoms with E-state index in [-0.39, 0.29) is 0 Å². The molecule has 1 aliphatic rings. The topological polar surface area (TPSA) is 38.1 Å². The Morgan fingerprint density at radius 1 is 1.46 bits per heavy atom. The summed E-state index contributed by atoms with van der Waals surface area (Å²) in [5, 5.41) is 7.28. The van der Waals surface area contributed by atoms with Crippen LogP contribution in [0.2, 0.25) is 0 Å². The van der Waals surface area contributed by atoms with Crippen LogP contribution >= 0.6 is 0 Å². The summed E-state index contributed by atoms with van der Waals surface area (Å²) in [4.78, 5) is 0. The molecule has 1 aliphatic heterocycles. The standard InChI is InChI=1S/C10H16N2O/c1(2-10-5-8-13-12-10)9-3-6-11-7-4-9/h5,8-9,11H,1-4,6-7H2. The van der Waals surface area contributed by atoms with Crippen molar-refractivity contribution >= 4 is 0 Å². The lowest BCUT2D eigenvalue weighted by atomic mass is 9.93. The first-order valence-electron chi connectivity index (χ1n) is 5.05. The molecule has 3 nitrogen and oxygen atoms in total. The molecule has 1 aromatic heterocycles. The van der Waals surface area contributed by atoms with E-state index in [4.69, 9.17) is 4.52 Å². The predicted molar refractivity (Wildman–Crippen MR) is 50.4 cm³/mol. The zero-order valence-corrected chi connectivity index (χ0v) is 7.83. The molecule has 0 radical (unpaired) electrons. The van der Waals surface area contributed by atoms with Crippen molar-refractivity contribution in [3.8, 4) is 0 Å². The van der Waals surface area contributed by atoms with Crippen molar-refractivity contribution in [2.75, 3.05) is 13.1 Å². The van der Waals surface area contributed by atoms with E-state index in [1.165, 1.54) is 32.4 Å². The highest BCUT2D eigenvalue weighted by atomic mass is 16.5. The fraction of sp³-hybridized carbons (Fsp3) is 0.700. The van der Waals surface area contributed by atoms with Crippen molar-refractivity contribution in [3.05, 3.63) is 18.0 Å². The molecule has 0 atom stereocenters. The average Bonchev–Trinajstić information content (AvgIpc) is 2.69. The predicted octanol–water partition coefficient (Wildman–Crippen LogP) is 1.61. The maximum Gasteiger partial charge on any atom is 0.124 e. The van der Waals surface area contributed by atoms with Gasteiger partial charge in [0.25, 0.3) is 0 Å².